The molecule has 0 N–H and O–H groups in total. The van der Waals surface area contributed by atoms with E-state index in [0.29, 0.717) is 39.0 Å². The Balaban J connectivity index is 1.57. The minimum Gasteiger partial charge on any atom is -0.491 e. The van der Waals surface area contributed by atoms with Gasteiger partial charge in [0.15, 0.2) is 0 Å². The van der Waals surface area contributed by atoms with Gasteiger partial charge >= 0.3 is 0 Å². The summed E-state index contributed by atoms with van der Waals surface area (Å²) in [4.78, 5) is 28.1. The van der Waals surface area contributed by atoms with Gasteiger partial charge in [-0.1, -0.05) is 42.5 Å². The first kappa shape index (κ1) is 20.9. The number of carbonyl (C=O) groups excluding carboxylic acids is 2. The molecule has 2 amide bonds. The van der Waals surface area contributed by atoms with Crippen LogP contribution in [0.25, 0.3) is 0 Å². The summed E-state index contributed by atoms with van der Waals surface area (Å²) in [6, 6.07) is 16.3. The number of fused-ring (bicyclic) bond motifs is 1. The lowest BCUT2D eigenvalue weighted by atomic mass is 10.0. The summed E-state index contributed by atoms with van der Waals surface area (Å²) in [5.41, 5.74) is 3.39. The van der Waals surface area contributed by atoms with Gasteiger partial charge in [-0.2, -0.15) is 0 Å². The average Bonchev–Trinajstić information content (AvgIpc) is 2.94. The molecule has 3 rings (SSSR count). The predicted molar refractivity (Wildman–Crippen MR) is 114 cm³/mol. The third-order valence-electron chi connectivity index (χ3n) is 5.28. The summed E-state index contributed by atoms with van der Waals surface area (Å²) >= 11 is 0. The van der Waals surface area contributed by atoms with E-state index in [0.717, 1.165) is 29.7 Å². The highest BCUT2D eigenvalue weighted by molar-refractivity contribution is 5.76. The highest BCUT2D eigenvalue weighted by Crippen LogP contribution is 2.25. The highest BCUT2D eigenvalue weighted by atomic mass is 16.5. The second-order valence-corrected chi connectivity index (χ2v) is 7.73. The third kappa shape index (κ3) is 6.08. The quantitative estimate of drug-likeness (QED) is 0.723. The number of hydrogen-bond acceptors (Lipinski definition) is 3. The molecule has 0 unspecified atom stereocenters. The zero-order chi connectivity index (χ0) is 20.6. The third-order valence-corrected chi connectivity index (χ3v) is 5.28. The lowest BCUT2D eigenvalue weighted by Crippen LogP contribution is -2.32. The van der Waals surface area contributed by atoms with Crippen LogP contribution in [0, 0.1) is 0 Å². The summed E-state index contributed by atoms with van der Waals surface area (Å²) in [5, 5.41) is 0. The van der Waals surface area contributed by atoms with E-state index in [1.54, 1.807) is 19.0 Å². The van der Waals surface area contributed by atoms with Gasteiger partial charge in [-0.15, -0.1) is 0 Å². The summed E-state index contributed by atoms with van der Waals surface area (Å²) in [7, 11) is 3.54. The van der Waals surface area contributed by atoms with Crippen LogP contribution in [0.15, 0.2) is 48.5 Å². The highest BCUT2D eigenvalue weighted by Gasteiger charge is 2.20. The summed E-state index contributed by atoms with van der Waals surface area (Å²) in [6.07, 6.45) is 3.47. The molecule has 0 spiro atoms. The van der Waals surface area contributed by atoms with Gasteiger partial charge in [-0.3, -0.25) is 9.59 Å². The Morgan fingerprint density at radius 2 is 1.79 bits per heavy atom. The molecule has 1 aliphatic rings. The summed E-state index contributed by atoms with van der Waals surface area (Å²) in [5.74, 6) is 1.13. The lowest BCUT2D eigenvalue weighted by Gasteiger charge is -2.20. The fourth-order valence-electron chi connectivity index (χ4n) is 3.54. The number of carbonyl (C=O) groups is 2. The molecule has 2 aromatic carbocycles. The fourth-order valence-corrected chi connectivity index (χ4v) is 3.54. The van der Waals surface area contributed by atoms with Crippen molar-refractivity contribution < 1.29 is 14.3 Å². The second-order valence-electron chi connectivity index (χ2n) is 7.73. The van der Waals surface area contributed by atoms with Gasteiger partial charge in [0, 0.05) is 39.0 Å². The molecule has 29 heavy (non-hydrogen) atoms. The zero-order valence-corrected chi connectivity index (χ0v) is 17.4. The van der Waals surface area contributed by atoms with E-state index in [9.17, 15) is 9.59 Å². The van der Waals surface area contributed by atoms with E-state index < -0.39 is 0 Å². The van der Waals surface area contributed by atoms with E-state index in [-0.39, 0.29) is 11.8 Å². The second kappa shape index (κ2) is 10.1. The number of amides is 2. The van der Waals surface area contributed by atoms with Crippen LogP contribution in [0.5, 0.6) is 5.75 Å². The monoisotopic (exact) mass is 394 g/mol. The van der Waals surface area contributed by atoms with E-state index in [1.165, 1.54) is 5.56 Å². The summed E-state index contributed by atoms with van der Waals surface area (Å²) in [6.45, 7) is 1.68. The Bertz CT molecular complexity index is 833. The van der Waals surface area contributed by atoms with Crippen LogP contribution in [0.4, 0.5) is 0 Å². The van der Waals surface area contributed by atoms with Crippen molar-refractivity contribution >= 4 is 11.8 Å². The zero-order valence-electron chi connectivity index (χ0n) is 17.4. The van der Waals surface area contributed by atoms with Crippen molar-refractivity contribution in [1.29, 1.82) is 0 Å². The van der Waals surface area contributed by atoms with Crippen molar-refractivity contribution in [1.82, 2.24) is 9.80 Å². The minimum absolute atomic E-state index is 0.117. The fraction of sp³-hybridized carbons (Fsp3) is 0.417. The van der Waals surface area contributed by atoms with Crippen molar-refractivity contribution in [3.8, 4) is 5.75 Å². The van der Waals surface area contributed by atoms with Crippen molar-refractivity contribution in [3.63, 3.8) is 0 Å². The van der Waals surface area contributed by atoms with Crippen LogP contribution in [0.1, 0.15) is 36.0 Å². The van der Waals surface area contributed by atoms with Crippen molar-refractivity contribution in [2.45, 2.75) is 38.6 Å². The molecule has 0 saturated carbocycles. The molecule has 0 fully saturated rings. The first-order valence-electron chi connectivity index (χ1n) is 10.3. The van der Waals surface area contributed by atoms with Crippen LogP contribution in [-0.2, 0) is 29.0 Å². The molecular formula is C24H30N2O3. The van der Waals surface area contributed by atoms with Gasteiger partial charge in [-0.25, -0.2) is 0 Å². The standard InChI is InChI=1S/C24H30N2O3/c1-25(2)23(27)14-12-20-11-13-22-21(17-20)18-26(15-16-29-22)24(28)10-6-9-19-7-4-3-5-8-19/h3-5,7-8,11,13,17H,6,9-10,12,14-16,18H2,1-2H3. The largest absolute Gasteiger partial charge is 0.491 e. The number of rotatable bonds is 7. The topological polar surface area (TPSA) is 49.9 Å². The number of nitrogens with zero attached hydrogens (tertiary/aromatic N) is 2. The molecule has 0 atom stereocenters. The SMILES string of the molecule is CN(C)C(=O)CCc1ccc2c(c1)CN(C(=O)CCCc1ccccc1)CCO2. The van der Waals surface area contributed by atoms with E-state index in [2.05, 4.69) is 18.2 Å². The Hall–Kier alpha value is -2.82. The molecule has 0 bridgehead atoms. The first-order valence-corrected chi connectivity index (χ1v) is 10.3. The Morgan fingerprint density at radius 3 is 2.55 bits per heavy atom. The number of aryl methyl sites for hydroxylation is 2. The Morgan fingerprint density at radius 1 is 1.00 bits per heavy atom. The number of hydrogen-bond donors (Lipinski definition) is 0. The normalized spacial score (nSPS) is 13.2. The predicted octanol–water partition coefficient (Wildman–Crippen LogP) is 3.45. The molecule has 5 heteroatoms. The maximum atomic E-state index is 12.7. The van der Waals surface area contributed by atoms with Crippen LogP contribution >= 0.6 is 0 Å². The number of ether oxygens (including phenoxy) is 1. The van der Waals surface area contributed by atoms with Crippen molar-refractivity contribution in [3.05, 3.63) is 65.2 Å². The maximum Gasteiger partial charge on any atom is 0.222 e. The van der Waals surface area contributed by atoms with Gasteiger partial charge in [0.1, 0.15) is 12.4 Å². The minimum atomic E-state index is 0.117. The van der Waals surface area contributed by atoms with Crippen molar-refractivity contribution in [2.24, 2.45) is 0 Å². The maximum absolute atomic E-state index is 12.7. The van der Waals surface area contributed by atoms with Crippen LogP contribution < -0.4 is 4.74 Å². The van der Waals surface area contributed by atoms with E-state index >= 15 is 0 Å². The van der Waals surface area contributed by atoms with Gasteiger partial charge in [-0.05, 0) is 36.5 Å². The molecule has 0 aliphatic carbocycles. The van der Waals surface area contributed by atoms with Gasteiger partial charge in [0.25, 0.3) is 0 Å². The van der Waals surface area contributed by atoms with Crippen LogP contribution in [-0.4, -0.2) is 48.9 Å². The molecule has 1 heterocycles. The first-order chi connectivity index (χ1) is 14.0. The Kier molecular flexibility index (Phi) is 7.28. The lowest BCUT2D eigenvalue weighted by molar-refractivity contribution is -0.132. The molecular weight excluding hydrogens is 364 g/mol. The molecule has 0 saturated heterocycles. The van der Waals surface area contributed by atoms with Gasteiger partial charge < -0.3 is 14.5 Å². The molecule has 154 valence electrons. The smallest absolute Gasteiger partial charge is 0.222 e. The molecule has 1 aliphatic heterocycles. The van der Waals surface area contributed by atoms with Crippen LogP contribution in [0.3, 0.4) is 0 Å². The molecule has 5 nitrogen and oxygen atoms in total. The van der Waals surface area contributed by atoms with Crippen molar-refractivity contribution in [2.75, 3.05) is 27.2 Å². The molecule has 0 radical (unpaired) electrons. The average molecular weight is 395 g/mol. The Labute approximate surface area is 173 Å². The summed E-state index contributed by atoms with van der Waals surface area (Å²) < 4.78 is 5.85. The van der Waals surface area contributed by atoms with Crippen LogP contribution in [0.2, 0.25) is 0 Å². The molecule has 2 aromatic rings. The van der Waals surface area contributed by atoms with E-state index in [4.69, 9.17) is 4.74 Å². The number of benzene rings is 2. The molecule has 0 aromatic heterocycles. The van der Waals surface area contributed by atoms with Gasteiger partial charge in [0.2, 0.25) is 11.8 Å². The van der Waals surface area contributed by atoms with Gasteiger partial charge in [0.05, 0.1) is 6.54 Å². The van der Waals surface area contributed by atoms with E-state index in [1.807, 2.05) is 35.2 Å².